The van der Waals surface area contributed by atoms with Crippen LogP contribution in [0.4, 0.5) is 0 Å². The molecule has 0 unspecified atom stereocenters. The standard InChI is InChI=1S/C28H21ClN2O4/c1-33-25-8-4-6-20(27(25)34-17-18-9-12-21(29)13-10-18)16-30-31-28(32)26-15-23-22-7-3-2-5-19(22)11-14-24(23)35-26/h2-16H,17H2,1H3,(H,31,32)/b30-16-. The average Bonchev–Trinajstić information content (AvgIpc) is 3.34. The summed E-state index contributed by atoms with van der Waals surface area (Å²) < 4.78 is 17.2. The third-order valence-corrected chi connectivity index (χ3v) is 5.80. The monoisotopic (exact) mass is 484 g/mol. The SMILES string of the molecule is COc1cccc(/C=N\NC(=O)c2cc3c(ccc4ccccc43)o2)c1OCc1ccc(Cl)cc1. The molecule has 0 aliphatic rings. The second-order valence-electron chi connectivity index (χ2n) is 7.80. The van der Waals surface area contributed by atoms with Gasteiger partial charge in [0.2, 0.25) is 0 Å². The Kier molecular flexibility index (Phi) is 6.37. The van der Waals surface area contributed by atoms with E-state index in [-0.39, 0.29) is 5.76 Å². The highest BCUT2D eigenvalue weighted by Gasteiger charge is 2.14. The molecule has 0 fully saturated rings. The fourth-order valence-corrected chi connectivity index (χ4v) is 3.93. The van der Waals surface area contributed by atoms with E-state index in [9.17, 15) is 4.79 Å². The van der Waals surface area contributed by atoms with Crippen LogP contribution < -0.4 is 14.9 Å². The van der Waals surface area contributed by atoms with Crippen LogP contribution in [0.5, 0.6) is 11.5 Å². The van der Waals surface area contributed by atoms with Gasteiger partial charge < -0.3 is 13.9 Å². The summed E-state index contributed by atoms with van der Waals surface area (Å²) >= 11 is 5.96. The Balaban J connectivity index is 1.33. The lowest BCUT2D eigenvalue weighted by Crippen LogP contribution is -2.16. The minimum Gasteiger partial charge on any atom is -0.493 e. The first kappa shape index (κ1) is 22.5. The molecule has 1 aromatic heterocycles. The molecule has 7 heteroatoms. The number of benzene rings is 4. The van der Waals surface area contributed by atoms with Gasteiger partial charge in [0.1, 0.15) is 12.2 Å². The molecule has 4 aromatic carbocycles. The van der Waals surface area contributed by atoms with Crippen LogP contribution in [0.3, 0.4) is 0 Å². The predicted molar refractivity (Wildman–Crippen MR) is 138 cm³/mol. The Labute approximate surface area is 206 Å². The van der Waals surface area contributed by atoms with E-state index in [1.165, 1.54) is 6.21 Å². The highest BCUT2D eigenvalue weighted by atomic mass is 35.5. The van der Waals surface area contributed by atoms with E-state index in [1.54, 1.807) is 31.4 Å². The number of ether oxygens (including phenoxy) is 2. The van der Waals surface area contributed by atoms with Gasteiger partial charge in [-0.05, 0) is 52.7 Å². The Hall–Kier alpha value is -4.29. The van der Waals surface area contributed by atoms with Gasteiger partial charge in [0.05, 0.1) is 13.3 Å². The summed E-state index contributed by atoms with van der Waals surface area (Å²) in [5.41, 5.74) is 4.77. The van der Waals surface area contributed by atoms with Gasteiger partial charge in [-0.25, -0.2) is 5.43 Å². The number of fused-ring (bicyclic) bond motifs is 3. The van der Waals surface area contributed by atoms with Crippen LogP contribution in [-0.2, 0) is 6.61 Å². The maximum absolute atomic E-state index is 12.7. The van der Waals surface area contributed by atoms with Crippen molar-refractivity contribution in [1.29, 1.82) is 0 Å². The fraction of sp³-hybridized carbons (Fsp3) is 0.0714. The van der Waals surface area contributed by atoms with E-state index in [4.69, 9.17) is 25.5 Å². The number of para-hydroxylation sites is 1. The first-order chi connectivity index (χ1) is 17.1. The molecule has 6 nitrogen and oxygen atoms in total. The van der Waals surface area contributed by atoms with Gasteiger partial charge in [0, 0.05) is 16.0 Å². The molecule has 174 valence electrons. The maximum Gasteiger partial charge on any atom is 0.307 e. The number of hydrazone groups is 1. The molecule has 0 atom stereocenters. The number of hydrogen-bond donors (Lipinski definition) is 1. The average molecular weight is 485 g/mol. The second kappa shape index (κ2) is 9.91. The summed E-state index contributed by atoms with van der Waals surface area (Å²) in [5.74, 6) is 0.794. The Morgan fingerprint density at radius 2 is 1.83 bits per heavy atom. The van der Waals surface area contributed by atoms with Crippen molar-refractivity contribution in [2.75, 3.05) is 7.11 Å². The summed E-state index contributed by atoms with van der Waals surface area (Å²) in [6.07, 6.45) is 1.51. The third kappa shape index (κ3) is 4.83. The Morgan fingerprint density at radius 1 is 1.00 bits per heavy atom. The summed E-state index contributed by atoms with van der Waals surface area (Å²) in [6.45, 7) is 0.317. The van der Waals surface area contributed by atoms with Gasteiger partial charge in [0.15, 0.2) is 17.3 Å². The van der Waals surface area contributed by atoms with Gasteiger partial charge in [-0.3, -0.25) is 4.79 Å². The molecular weight excluding hydrogens is 464 g/mol. The quantitative estimate of drug-likeness (QED) is 0.209. The van der Waals surface area contributed by atoms with Crippen molar-refractivity contribution in [2.24, 2.45) is 5.10 Å². The number of furan rings is 1. The molecule has 1 N–H and O–H groups in total. The number of nitrogens with one attached hydrogen (secondary N) is 1. The van der Waals surface area contributed by atoms with Crippen molar-refractivity contribution in [3.63, 3.8) is 0 Å². The first-order valence-electron chi connectivity index (χ1n) is 10.9. The summed E-state index contributed by atoms with van der Waals surface area (Å²) in [5, 5.41) is 7.75. The molecular formula is C28H21ClN2O4. The minimum absolute atomic E-state index is 0.179. The van der Waals surface area contributed by atoms with E-state index in [0.717, 1.165) is 21.7 Å². The van der Waals surface area contributed by atoms with Gasteiger partial charge in [0.25, 0.3) is 0 Å². The van der Waals surface area contributed by atoms with Crippen LogP contribution >= 0.6 is 11.6 Å². The largest absolute Gasteiger partial charge is 0.493 e. The van der Waals surface area contributed by atoms with Crippen molar-refractivity contribution in [1.82, 2.24) is 5.43 Å². The zero-order valence-corrected chi connectivity index (χ0v) is 19.6. The van der Waals surface area contributed by atoms with E-state index in [2.05, 4.69) is 10.5 Å². The van der Waals surface area contributed by atoms with E-state index in [0.29, 0.717) is 34.3 Å². The van der Waals surface area contributed by atoms with Crippen LogP contribution in [0.2, 0.25) is 5.02 Å². The molecule has 0 spiro atoms. The van der Waals surface area contributed by atoms with Crippen molar-refractivity contribution < 1.29 is 18.7 Å². The highest BCUT2D eigenvalue weighted by Crippen LogP contribution is 2.31. The Bertz CT molecular complexity index is 1540. The minimum atomic E-state index is -0.451. The molecule has 35 heavy (non-hydrogen) atoms. The van der Waals surface area contributed by atoms with Gasteiger partial charge in [-0.2, -0.15) is 5.10 Å². The van der Waals surface area contributed by atoms with Crippen LogP contribution in [-0.4, -0.2) is 19.2 Å². The van der Waals surface area contributed by atoms with Crippen molar-refractivity contribution in [2.45, 2.75) is 6.61 Å². The maximum atomic E-state index is 12.7. The van der Waals surface area contributed by atoms with Gasteiger partial charge >= 0.3 is 5.91 Å². The molecule has 0 aliphatic heterocycles. The van der Waals surface area contributed by atoms with Crippen molar-refractivity contribution in [3.05, 3.63) is 107 Å². The number of carbonyl (C=O) groups excluding carboxylic acids is 1. The van der Waals surface area contributed by atoms with Crippen molar-refractivity contribution in [3.8, 4) is 11.5 Å². The molecule has 1 heterocycles. The summed E-state index contributed by atoms with van der Waals surface area (Å²) in [7, 11) is 1.57. The van der Waals surface area contributed by atoms with Crippen LogP contribution in [0, 0.1) is 0 Å². The molecule has 0 saturated carbocycles. The number of methoxy groups -OCH3 is 1. The molecule has 0 saturated heterocycles. The summed E-state index contributed by atoms with van der Waals surface area (Å²) in [4.78, 5) is 12.7. The Morgan fingerprint density at radius 3 is 2.66 bits per heavy atom. The molecule has 5 rings (SSSR count). The fourth-order valence-electron chi connectivity index (χ4n) is 3.81. The third-order valence-electron chi connectivity index (χ3n) is 5.55. The molecule has 1 amide bonds. The van der Waals surface area contributed by atoms with Crippen LogP contribution in [0.25, 0.3) is 21.7 Å². The zero-order chi connectivity index (χ0) is 24.2. The molecule has 0 radical (unpaired) electrons. The van der Waals surface area contributed by atoms with Crippen LogP contribution in [0.1, 0.15) is 21.7 Å². The second-order valence-corrected chi connectivity index (χ2v) is 8.24. The lowest BCUT2D eigenvalue weighted by Gasteiger charge is -2.13. The number of rotatable bonds is 7. The first-order valence-corrected chi connectivity index (χ1v) is 11.3. The normalized spacial score (nSPS) is 11.3. The molecule has 0 aliphatic carbocycles. The van der Waals surface area contributed by atoms with E-state index < -0.39 is 5.91 Å². The zero-order valence-electron chi connectivity index (χ0n) is 18.8. The number of amides is 1. The van der Waals surface area contributed by atoms with Gasteiger partial charge in [-0.15, -0.1) is 0 Å². The topological polar surface area (TPSA) is 73.1 Å². The number of carbonyl (C=O) groups is 1. The smallest absolute Gasteiger partial charge is 0.307 e. The lowest BCUT2D eigenvalue weighted by molar-refractivity contribution is 0.0929. The summed E-state index contributed by atoms with van der Waals surface area (Å²) in [6, 6.07) is 26.3. The number of nitrogens with zero attached hydrogens (tertiary/aromatic N) is 1. The van der Waals surface area contributed by atoms with E-state index in [1.807, 2.05) is 60.7 Å². The predicted octanol–water partition coefficient (Wildman–Crippen LogP) is 6.59. The number of halogens is 1. The van der Waals surface area contributed by atoms with E-state index >= 15 is 0 Å². The van der Waals surface area contributed by atoms with Gasteiger partial charge in [-0.1, -0.05) is 60.1 Å². The molecule has 5 aromatic rings. The lowest BCUT2D eigenvalue weighted by atomic mass is 10.1. The number of hydrogen-bond acceptors (Lipinski definition) is 5. The highest BCUT2D eigenvalue weighted by molar-refractivity contribution is 6.30. The van der Waals surface area contributed by atoms with Crippen molar-refractivity contribution >= 4 is 45.5 Å². The molecule has 0 bridgehead atoms. The van der Waals surface area contributed by atoms with Crippen LogP contribution in [0.15, 0.2) is 94.4 Å².